The van der Waals surface area contributed by atoms with E-state index in [4.69, 9.17) is 0 Å². The van der Waals surface area contributed by atoms with Gasteiger partial charge in [-0.05, 0) is 38.8 Å². The van der Waals surface area contributed by atoms with Gasteiger partial charge in [0, 0.05) is 37.4 Å². The summed E-state index contributed by atoms with van der Waals surface area (Å²) in [5, 5.41) is 7.11. The third kappa shape index (κ3) is 4.10. The van der Waals surface area contributed by atoms with Crippen molar-refractivity contribution >= 4 is 5.91 Å². The van der Waals surface area contributed by atoms with Crippen LogP contribution in [0.25, 0.3) is 0 Å². The Morgan fingerprint density at radius 1 is 1.40 bits per heavy atom. The number of H-pyrrole nitrogens is 1. The van der Waals surface area contributed by atoms with E-state index in [0.717, 1.165) is 37.4 Å². The first-order chi connectivity index (χ1) is 12.1. The Hall–Kier alpha value is -2.14. The van der Waals surface area contributed by atoms with Crippen LogP contribution in [0.3, 0.4) is 0 Å². The molecule has 2 aromatic rings. The van der Waals surface area contributed by atoms with E-state index in [1.807, 2.05) is 17.9 Å². The van der Waals surface area contributed by atoms with Crippen molar-refractivity contribution in [3.63, 3.8) is 0 Å². The van der Waals surface area contributed by atoms with Gasteiger partial charge in [-0.15, -0.1) is 0 Å². The molecule has 25 heavy (non-hydrogen) atoms. The lowest BCUT2D eigenvalue weighted by Gasteiger charge is -2.29. The fourth-order valence-corrected chi connectivity index (χ4v) is 3.78. The number of carbonyl (C=O) groups is 1. The lowest BCUT2D eigenvalue weighted by Crippen LogP contribution is -2.42. The summed E-state index contributed by atoms with van der Waals surface area (Å²) < 4.78 is 0. The lowest BCUT2D eigenvalue weighted by atomic mass is 10.1. The topological polar surface area (TPSA) is 52.2 Å². The zero-order valence-electron chi connectivity index (χ0n) is 15.4. The molecular formula is C20H28N4O. The van der Waals surface area contributed by atoms with Crippen molar-refractivity contribution in [1.82, 2.24) is 20.0 Å². The standard InChI is InChI=1S/C20H28N4O/c1-4-24(20(25)13-18-12-15(2)21-22-18)19-10-11-23(14-19)16(3)17-8-6-5-7-9-17/h5-9,12,16,19H,4,10-11,13-14H2,1-3H3,(H,21,22)/t16-,19-/m0/s1. The van der Waals surface area contributed by atoms with E-state index >= 15 is 0 Å². The van der Waals surface area contributed by atoms with Crippen molar-refractivity contribution in [2.45, 2.75) is 45.7 Å². The molecule has 0 radical (unpaired) electrons. The summed E-state index contributed by atoms with van der Waals surface area (Å²) in [7, 11) is 0. The number of aromatic amines is 1. The second-order valence-electron chi connectivity index (χ2n) is 6.92. The number of likely N-dealkylation sites (tertiary alicyclic amines) is 1. The lowest BCUT2D eigenvalue weighted by molar-refractivity contribution is -0.132. The minimum Gasteiger partial charge on any atom is -0.338 e. The predicted molar refractivity (Wildman–Crippen MR) is 99.3 cm³/mol. The molecule has 1 saturated heterocycles. The molecule has 0 bridgehead atoms. The summed E-state index contributed by atoms with van der Waals surface area (Å²) >= 11 is 0. The molecule has 134 valence electrons. The van der Waals surface area contributed by atoms with Crippen LogP contribution in [-0.2, 0) is 11.2 Å². The van der Waals surface area contributed by atoms with Crippen molar-refractivity contribution < 1.29 is 4.79 Å². The van der Waals surface area contributed by atoms with Gasteiger partial charge < -0.3 is 4.90 Å². The number of rotatable bonds is 6. The number of amides is 1. The summed E-state index contributed by atoms with van der Waals surface area (Å²) in [5.41, 5.74) is 3.16. The Kier molecular flexibility index (Phi) is 5.53. The maximum atomic E-state index is 12.7. The number of aryl methyl sites for hydroxylation is 1. The Balaban J connectivity index is 1.61. The third-order valence-electron chi connectivity index (χ3n) is 5.22. The van der Waals surface area contributed by atoms with Crippen LogP contribution in [0.4, 0.5) is 0 Å². The number of hydrogen-bond acceptors (Lipinski definition) is 3. The second-order valence-corrected chi connectivity index (χ2v) is 6.92. The minimum absolute atomic E-state index is 0.174. The van der Waals surface area contributed by atoms with Crippen LogP contribution in [0.5, 0.6) is 0 Å². The molecule has 5 heteroatoms. The van der Waals surface area contributed by atoms with E-state index in [-0.39, 0.29) is 5.91 Å². The van der Waals surface area contributed by atoms with Crippen molar-refractivity contribution in [2.24, 2.45) is 0 Å². The Morgan fingerprint density at radius 3 is 2.80 bits per heavy atom. The predicted octanol–water partition coefficient (Wildman–Crippen LogP) is 2.94. The maximum absolute atomic E-state index is 12.7. The average molecular weight is 340 g/mol. The Bertz CT molecular complexity index is 697. The molecule has 3 rings (SSSR count). The molecule has 1 aliphatic rings. The van der Waals surface area contributed by atoms with Gasteiger partial charge in [0.15, 0.2) is 0 Å². The molecule has 1 fully saturated rings. The monoisotopic (exact) mass is 340 g/mol. The van der Waals surface area contributed by atoms with E-state index in [9.17, 15) is 4.79 Å². The van der Waals surface area contributed by atoms with Crippen LogP contribution < -0.4 is 0 Å². The van der Waals surface area contributed by atoms with Crippen LogP contribution in [0.2, 0.25) is 0 Å². The van der Waals surface area contributed by atoms with Gasteiger partial charge in [-0.2, -0.15) is 5.10 Å². The van der Waals surface area contributed by atoms with Crippen LogP contribution >= 0.6 is 0 Å². The Labute approximate surface area is 150 Å². The van der Waals surface area contributed by atoms with E-state index in [1.165, 1.54) is 5.56 Å². The summed E-state index contributed by atoms with van der Waals surface area (Å²) in [6.45, 7) is 9.00. The fraction of sp³-hybridized carbons (Fsp3) is 0.500. The highest BCUT2D eigenvalue weighted by Crippen LogP contribution is 2.26. The van der Waals surface area contributed by atoms with Gasteiger partial charge in [0.2, 0.25) is 5.91 Å². The molecule has 2 atom stereocenters. The minimum atomic E-state index is 0.174. The highest BCUT2D eigenvalue weighted by Gasteiger charge is 2.32. The van der Waals surface area contributed by atoms with E-state index in [0.29, 0.717) is 18.5 Å². The SMILES string of the molecule is CCN(C(=O)Cc1cc(C)[nH]n1)[C@H]1CCN([C@@H](C)c2ccccc2)C1. The highest BCUT2D eigenvalue weighted by molar-refractivity contribution is 5.78. The van der Waals surface area contributed by atoms with Gasteiger partial charge in [-0.25, -0.2) is 0 Å². The van der Waals surface area contributed by atoms with Gasteiger partial charge in [0.05, 0.1) is 12.1 Å². The van der Waals surface area contributed by atoms with Crippen LogP contribution in [0.1, 0.15) is 43.3 Å². The number of benzene rings is 1. The molecule has 1 amide bonds. The van der Waals surface area contributed by atoms with Crippen molar-refractivity contribution in [3.05, 3.63) is 53.3 Å². The number of likely N-dealkylation sites (N-methyl/N-ethyl adjacent to an activating group) is 1. The number of aromatic nitrogens is 2. The first-order valence-electron chi connectivity index (χ1n) is 9.17. The number of nitrogens with zero attached hydrogens (tertiary/aromatic N) is 3. The quantitative estimate of drug-likeness (QED) is 0.880. The summed E-state index contributed by atoms with van der Waals surface area (Å²) in [6, 6.07) is 13.2. The van der Waals surface area contributed by atoms with Crippen molar-refractivity contribution in [2.75, 3.05) is 19.6 Å². The maximum Gasteiger partial charge on any atom is 0.228 e. The van der Waals surface area contributed by atoms with Crippen LogP contribution in [0, 0.1) is 6.92 Å². The van der Waals surface area contributed by atoms with E-state index in [2.05, 4.69) is 59.3 Å². The zero-order valence-corrected chi connectivity index (χ0v) is 15.4. The summed E-state index contributed by atoms with van der Waals surface area (Å²) in [4.78, 5) is 17.3. The average Bonchev–Trinajstić information content (AvgIpc) is 3.25. The van der Waals surface area contributed by atoms with Crippen LogP contribution in [0.15, 0.2) is 36.4 Å². The third-order valence-corrected chi connectivity index (χ3v) is 5.22. The zero-order chi connectivity index (χ0) is 17.8. The molecule has 5 nitrogen and oxygen atoms in total. The number of nitrogens with one attached hydrogen (secondary N) is 1. The molecule has 1 aromatic heterocycles. The van der Waals surface area contributed by atoms with Gasteiger partial charge >= 0.3 is 0 Å². The summed E-state index contributed by atoms with van der Waals surface area (Å²) in [6.07, 6.45) is 1.42. The van der Waals surface area contributed by atoms with Gasteiger partial charge in [-0.1, -0.05) is 30.3 Å². The van der Waals surface area contributed by atoms with Gasteiger partial charge in [-0.3, -0.25) is 14.8 Å². The first-order valence-corrected chi connectivity index (χ1v) is 9.17. The van der Waals surface area contributed by atoms with Gasteiger partial charge in [0.25, 0.3) is 0 Å². The highest BCUT2D eigenvalue weighted by atomic mass is 16.2. The normalized spacial score (nSPS) is 19.1. The van der Waals surface area contributed by atoms with Gasteiger partial charge in [0.1, 0.15) is 0 Å². The fourth-order valence-electron chi connectivity index (χ4n) is 3.78. The molecule has 0 spiro atoms. The molecule has 1 aromatic carbocycles. The largest absolute Gasteiger partial charge is 0.338 e. The molecule has 1 N–H and O–H groups in total. The molecule has 0 aliphatic carbocycles. The second kappa shape index (κ2) is 7.83. The molecule has 0 unspecified atom stereocenters. The summed E-state index contributed by atoms with van der Waals surface area (Å²) in [5.74, 6) is 0.174. The molecular weight excluding hydrogens is 312 g/mol. The van der Waals surface area contributed by atoms with Crippen LogP contribution in [-0.4, -0.2) is 51.6 Å². The number of hydrogen-bond donors (Lipinski definition) is 1. The van der Waals surface area contributed by atoms with Crippen molar-refractivity contribution in [1.29, 1.82) is 0 Å². The molecule has 2 heterocycles. The molecule has 1 aliphatic heterocycles. The van der Waals surface area contributed by atoms with Crippen molar-refractivity contribution in [3.8, 4) is 0 Å². The number of carbonyl (C=O) groups excluding carboxylic acids is 1. The Morgan fingerprint density at radius 2 is 2.16 bits per heavy atom. The van der Waals surface area contributed by atoms with E-state index < -0.39 is 0 Å². The molecule has 0 saturated carbocycles. The smallest absolute Gasteiger partial charge is 0.228 e. The van der Waals surface area contributed by atoms with E-state index in [1.54, 1.807) is 0 Å². The first kappa shape index (κ1) is 17.7.